The summed E-state index contributed by atoms with van der Waals surface area (Å²) in [5.74, 6) is 1.51. The van der Waals surface area contributed by atoms with Crippen molar-refractivity contribution in [1.82, 2.24) is 5.32 Å². The third kappa shape index (κ3) is 4.12. The van der Waals surface area contributed by atoms with Crippen molar-refractivity contribution >= 4 is 17.5 Å². The van der Waals surface area contributed by atoms with Crippen LogP contribution in [0.15, 0.2) is 0 Å². The van der Waals surface area contributed by atoms with Crippen LogP contribution >= 0.6 is 11.8 Å². The summed E-state index contributed by atoms with van der Waals surface area (Å²) in [5.41, 5.74) is 0. The molecule has 0 aromatic heterocycles. The fourth-order valence-corrected chi connectivity index (χ4v) is 1.54. The van der Waals surface area contributed by atoms with E-state index in [0.717, 1.165) is 12.2 Å². The van der Waals surface area contributed by atoms with E-state index in [1.54, 1.807) is 11.8 Å². The summed E-state index contributed by atoms with van der Waals surface area (Å²) in [7, 11) is 1.85. The topological polar surface area (TPSA) is 29.1 Å². The summed E-state index contributed by atoms with van der Waals surface area (Å²) in [6, 6.07) is 0.0532. The normalized spacial score (nSPS) is 13.4. The number of nitrogens with one attached hydrogen (secondary N) is 1. The molecule has 0 spiro atoms. The van der Waals surface area contributed by atoms with E-state index in [2.05, 4.69) is 11.6 Å². The first-order valence-corrected chi connectivity index (χ1v) is 5.72. The number of carbonyl (C=O) groups is 1. The summed E-state index contributed by atoms with van der Waals surface area (Å²) in [6.07, 6.45) is 3.00. The minimum absolute atomic E-state index is 0.0532. The number of hydrogen-bond donors (Lipinski definition) is 1. The molecular formula is C9H19NOS. The molecule has 0 radical (unpaired) electrons. The van der Waals surface area contributed by atoms with Crippen molar-refractivity contribution in [1.29, 1.82) is 0 Å². The lowest BCUT2D eigenvalue weighted by molar-refractivity contribution is -0.123. The first-order chi connectivity index (χ1) is 5.63. The van der Waals surface area contributed by atoms with Gasteiger partial charge in [0.15, 0.2) is 5.78 Å². The quantitative estimate of drug-likeness (QED) is 0.687. The van der Waals surface area contributed by atoms with Crippen molar-refractivity contribution in [2.75, 3.05) is 19.1 Å². The lowest BCUT2D eigenvalue weighted by Gasteiger charge is -2.16. The summed E-state index contributed by atoms with van der Waals surface area (Å²) in [5, 5.41) is 3.06. The Morgan fingerprint density at radius 2 is 2.08 bits per heavy atom. The Bertz CT molecular complexity index is 136. The van der Waals surface area contributed by atoms with Crippen molar-refractivity contribution in [2.24, 2.45) is 5.92 Å². The third-order valence-electron chi connectivity index (χ3n) is 1.87. The van der Waals surface area contributed by atoms with Crippen LogP contribution in [0.25, 0.3) is 0 Å². The number of thioether (sulfide) groups is 1. The molecule has 0 aromatic rings. The van der Waals surface area contributed by atoms with Crippen LogP contribution in [-0.2, 0) is 4.79 Å². The van der Waals surface area contributed by atoms with Crippen LogP contribution in [0.2, 0.25) is 0 Å². The van der Waals surface area contributed by atoms with Gasteiger partial charge in [-0.15, -0.1) is 0 Å². The van der Waals surface area contributed by atoms with E-state index in [1.807, 2.05) is 20.9 Å². The molecule has 1 unspecified atom stereocenters. The minimum Gasteiger partial charge on any atom is -0.311 e. The molecule has 0 fully saturated rings. The fourth-order valence-electron chi connectivity index (χ4n) is 1.07. The smallest absolute Gasteiger partial charge is 0.152 e. The number of hydrogen-bond acceptors (Lipinski definition) is 3. The van der Waals surface area contributed by atoms with Crippen LogP contribution in [0, 0.1) is 5.92 Å². The number of Topliss-reactive ketones (excluding diaryl/α,β-unsaturated/α-hetero) is 1. The van der Waals surface area contributed by atoms with Gasteiger partial charge in [-0.25, -0.2) is 0 Å². The van der Waals surface area contributed by atoms with Gasteiger partial charge in [-0.3, -0.25) is 4.79 Å². The number of ketones is 1. The van der Waals surface area contributed by atoms with Gasteiger partial charge >= 0.3 is 0 Å². The number of likely N-dealkylation sites (N-methyl/N-ethyl adjacent to an activating group) is 1. The molecule has 0 aliphatic rings. The number of carbonyl (C=O) groups excluding carboxylic acids is 1. The predicted octanol–water partition coefficient (Wildman–Crippen LogP) is 1.55. The molecule has 0 amide bonds. The molecule has 1 atom stereocenters. The Kier molecular flexibility index (Phi) is 6.48. The first-order valence-electron chi connectivity index (χ1n) is 4.33. The maximum absolute atomic E-state index is 11.5. The molecule has 0 saturated carbocycles. The highest BCUT2D eigenvalue weighted by Gasteiger charge is 2.18. The van der Waals surface area contributed by atoms with Crippen LogP contribution in [-0.4, -0.2) is 30.9 Å². The van der Waals surface area contributed by atoms with Gasteiger partial charge in [0.25, 0.3) is 0 Å². The highest BCUT2D eigenvalue weighted by molar-refractivity contribution is 7.98. The summed E-state index contributed by atoms with van der Waals surface area (Å²) < 4.78 is 0. The van der Waals surface area contributed by atoms with Crippen LogP contribution in [0.1, 0.15) is 20.3 Å². The Balaban J connectivity index is 3.88. The standard InChI is InChI=1S/C9H19NOS/c1-7(2)9(11)8(10-3)5-6-12-4/h7-8,10H,5-6H2,1-4H3. The molecule has 72 valence electrons. The molecule has 0 aliphatic carbocycles. The average molecular weight is 189 g/mol. The predicted molar refractivity (Wildman–Crippen MR) is 55.7 cm³/mol. The summed E-state index contributed by atoms with van der Waals surface area (Å²) in [6.45, 7) is 3.90. The SMILES string of the molecule is CNC(CCSC)C(=O)C(C)C. The van der Waals surface area contributed by atoms with Gasteiger partial charge in [-0.2, -0.15) is 11.8 Å². The van der Waals surface area contributed by atoms with Gasteiger partial charge in [0.05, 0.1) is 6.04 Å². The van der Waals surface area contributed by atoms with Crippen LogP contribution in [0.3, 0.4) is 0 Å². The Labute approximate surface area is 79.5 Å². The molecule has 0 saturated heterocycles. The van der Waals surface area contributed by atoms with Crippen molar-refractivity contribution in [2.45, 2.75) is 26.3 Å². The van der Waals surface area contributed by atoms with E-state index in [-0.39, 0.29) is 12.0 Å². The van der Waals surface area contributed by atoms with Crippen molar-refractivity contribution < 1.29 is 4.79 Å². The highest BCUT2D eigenvalue weighted by Crippen LogP contribution is 2.06. The second-order valence-electron chi connectivity index (χ2n) is 3.18. The molecule has 0 aliphatic heterocycles. The van der Waals surface area contributed by atoms with E-state index in [9.17, 15) is 4.79 Å². The average Bonchev–Trinajstić information content (AvgIpc) is 2.05. The van der Waals surface area contributed by atoms with E-state index in [0.29, 0.717) is 5.78 Å². The van der Waals surface area contributed by atoms with E-state index >= 15 is 0 Å². The van der Waals surface area contributed by atoms with Crippen LogP contribution in [0.4, 0.5) is 0 Å². The zero-order valence-electron chi connectivity index (χ0n) is 8.39. The number of rotatable bonds is 6. The molecule has 0 aromatic carbocycles. The van der Waals surface area contributed by atoms with Gasteiger partial charge < -0.3 is 5.32 Å². The summed E-state index contributed by atoms with van der Waals surface area (Å²) >= 11 is 1.78. The Morgan fingerprint density at radius 1 is 1.50 bits per heavy atom. The van der Waals surface area contributed by atoms with Crippen molar-refractivity contribution in [3.63, 3.8) is 0 Å². The third-order valence-corrected chi connectivity index (χ3v) is 2.52. The molecule has 2 nitrogen and oxygen atoms in total. The molecule has 0 heterocycles. The zero-order chi connectivity index (χ0) is 9.56. The van der Waals surface area contributed by atoms with E-state index < -0.39 is 0 Å². The van der Waals surface area contributed by atoms with Gasteiger partial charge in [0.2, 0.25) is 0 Å². The zero-order valence-corrected chi connectivity index (χ0v) is 9.20. The fraction of sp³-hybridized carbons (Fsp3) is 0.889. The van der Waals surface area contributed by atoms with Gasteiger partial charge in [-0.1, -0.05) is 13.8 Å². The lowest BCUT2D eigenvalue weighted by Crippen LogP contribution is -2.37. The first kappa shape index (κ1) is 12.0. The highest BCUT2D eigenvalue weighted by atomic mass is 32.2. The van der Waals surface area contributed by atoms with Crippen LogP contribution in [0.5, 0.6) is 0 Å². The monoisotopic (exact) mass is 189 g/mol. The molecule has 0 bridgehead atoms. The van der Waals surface area contributed by atoms with Gasteiger partial charge in [0, 0.05) is 5.92 Å². The second kappa shape index (κ2) is 6.49. The Morgan fingerprint density at radius 3 is 2.42 bits per heavy atom. The molecule has 0 rings (SSSR count). The minimum atomic E-state index is 0.0532. The molecular weight excluding hydrogens is 170 g/mol. The summed E-state index contributed by atoms with van der Waals surface area (Å²) in [4.78, 5) is 11.5. The van der Waals surface area contributed by atoms with E-state index in [4.69, 9.17) is 0 Å². The Hall–Kier alpha value is -0.0200. The van der Waals surface area contributed by atoms with Crippen LogP contribution < -0.4 is 5.32 Å². The second-order valence-corrected chi connectivity index (χ2v) is 4.17. The van der Waals surface area contributed by atoms with Gasteiger partial charge in [-0.05, 0) is 25.5 Å². The van der Waals surface area contributed by atoms with E-state index in [1.165, 1.54) is 0 Å². The maximum atomic E-state index is 11.5. The molecule has 3 heteroatoms. The van der Waals surface area contributed by atoms with Gasteiger partial charge in [0.1, 0.15) is 0 Å². The molecule has 1 N–H and O–H groups in total. The molecule has 12 heavy (non-hydrogen) atoms. The van der Waals surface area contributed by atoms with Crippen molar-refractivity contribution in [3.05, 3.63) is 0 Å². The maximum Gasteiger partial charge on any atom is 0.152 e. The largest absolute Gasteiger partial charge is 0.311 e. The van der Waals surface area contributed by atoms with Crippen molar-refractivity contribution in [3.8, 4) is 0 Å². The lowest BCUT2D eigenvalue weighted by atomic mass is 10.0.